The molecule has 3 rings (SSSR count). The first kappa shape index (κ1) is 23.0. The molecule has 1 fully saturated rings. The lowest BCUT2D eigenvalue weighted by Gasteiger charge is -2.34. The first-order valence-electron chi connectivity index (χ1n) is 9.64. The smallest absolute Gasteiger partial charge is 0.307 e. The van der Waals surface area contributed by atoms with Crippen molar-refractivity contribution in [2.24, 2.45) is 0 Å². The summed E-state index contributed by atoms with van der Waals surface area (Å²) in [5.74, 6) is -0.987. The van der Waals surface area contributed by atoms with Gasteiger partial charge in [0, 0.05) is 32.7 Å². The SMILES string of the molecule is Cc1cc(CC(=O)O)cc(S(=O)(=O)N2CCN(CCc3ccc(Cl)c(Cl)c3)CC2)c1. The first-order chi connectivity index (χ1) is 14.1. The van der Waals surface area contributed by atoms with Crippen molar-refractivity contribution in [3.63, 3.8) is 0 Å². The van der Waals surface area contributed by atoms with Crippen molar-refractivity contribution in [2.75, 3.05) is 32.7 Å². The summed E-state index contributed by atoms with van der Waals surface area (Å²) in [4.78, 5) is 13.4. The van der Waals surface area contributed by atoms with Gasteiger partial charge in [0.05, 0.1) is 21.4 Å². The van der Waals surface area contributed by atoms with E-state index in [-0.39, 0.29) is 11.3 Å². The standard InChI is InChI=1S/C21H24Cl2N2O4S/c1-15-10-17(14-21(26)27)12-18(11-15)30(28,29)25-8-6-24(7-9-25)5-4-16-2-3-19(22)20(23)13-16/h2-3,10-13H,4-9,14H2,1H3,(H,26,27). The number of sulfonamides is 1. The second-order valence-corrected chi connectivity index (χ2v) is 10.2. The minimum Gasteiger partial charge on any atom is -0.481 e. The summed E-state index contributed by atoms with van der Waals surface area (Å²) in [5, 5.41) is 10.1. The molecule has 0 bridgehead atoms. The summed E-state index contributed by atoms with van der Waals surface area (Å²) in [5.41, 5.74) is 2.30. The molecule has 0 radical (unpaired) electrons. The molecule has 0 unspecified atom stereocenters. The van der Waals surface area contributed by atoms with Crippen LogP contribution in [0, 0.1) is 6.92 Å². The highest BCUT2D eigenvalue weighted by atomic mass is 35.5. The third kappa shape index (κ3) is 5.74. The summed E-state index contributed by atoms with van der Waals surface area (Å²) in [7, 11) is -3.66. The van der Waals surface area contributed by atoms with E-state index in [0.29, 0.717) is 41.8 Å². The molecule has 0 saturated carbocycles. The van der Waals surface area contributed by atoms with Gasteiger partial charge in [0.1, 0.15) is 0 Å². The van der Waals surface area contributed by atoms with Crippen LogP contribution in [-0.2, 0) is 27.7 Å². The highest BCUT2D eigenvalue weighted by Crippen LogP contribution is 2.24. The van der Waals surface area contributed by atoms with Crippen molar-refractivity contribution in [1.29, 1.82) is 0 Å². The van der Waals surface area contributed by atoms with Gasteiger partial charge in [-0.1, -0.05) is 35.3 Å². The quantitative estimate of drug-likeness (QED) is 0.669. The maximum absolute atomic E-state index is 13.1. The Bertz CT molecular complexity index is 1040. The fourth-order valence-electron chi connectivity index (χ4n) is 3.58. The fraction of sp³-hybridized carbons (Fsp3) is 0.381. The Kier molecular flexibility index (Phi) is 7.42. The minimum atomic E-state index is -3.66. The van der Waals surface area contributed by atoms with E-state index in [0.717, 1.165) is 24.1 Å². The second-order valence-electron chi connectivity index (χ2n) is 7.47. The average molecular weight is 471 g/mol. The van der Waals surface area contributed by atoms with Gasteiger partial charge in [-0.15, -0.1) is 0 Å². The lowest BCUT2D eigenvalue weighted by Crippen LogP contribution is -2.49. The van der Waals surface area contributed by atoms with Crippen LogP contribution in [0.25, 0.3) is 0 Å². The van der Waals surface area contributed by atoms with Crippen LogP contribution >= 0.6 is 23.2 Å². The van der Waals surface area contributed by atoms with E-state index in [9.17, 15) is 13.2 Å². The Morgan fingerprint density at radius 2 is 1.70 bits per heavy atom. The Morgan fingerprint density at radius 3 is 2.33 bits per heavy atom. The first-order valence-corrected chi connectivity index (χ1v) is 11.8. The van der Waals surface area contributed by atoms with Crippen molar-refractivity contribution < 1.29 is 18.3 Å². The predicted octanol–water partition coefficient (Wildman–Crippen LogP) is 3.48. The van der Waals surface area contributed by atoms with Crippen LogP contribution in [0.15, 0.2) is 41.3 Å². The van der Waals surface area contributed by atoms with Gasteiger partial charge in [0.15, 0.2) is 0 Å². The van der Waals surface area contributed by atoms with E-state index < -0.39 is 16.0 Å². The van der Waals surface area contributed by atoms with E-state index in [1.54, 1.807) is 25.1 Å². The molecule has 2 aromatic rings. The van der Waals surface area contributed by atoms with Crippen molar-refractivity contribution in [1.82, 2.24) is 9.21 Å². The summed E-state index contributed by atoms with van der Waals surface area (Å²) in [6, 6.07) is 10.3. The number of carbonyl (C=O) groups is 1. The summed E-state index contributed by atoms with van der Waals surface area (Å²) in [6.45, 7) is 4.63. The van der Waals surface area contributed by atoms with E-state index in [4.69, 9.17) is 28.3 Å². The van der Waals surface area contributed by atoms with Crippen molar-refractivity contribution >= 4 is 39.2 Å². The number of carboxylic acid groups (broad SMARTS) is 1. The largest absolute Gasteiger partial charge is 0.481 e. The molecule has 6 nitrogen and oxygen atoms in total. The molecule has 30 heavy (non-hydrogen) atoms. The lowest BCUT2D eigenvalue weighted by atomic mass is 10.1. The molecule has 2 aromatic carbocycles. The van der Waals surface area contributed by atoms with Crippen LogP contribution in [0.1, 0.15) is 16.7 Å². The van der Waals surface area contributed by atoms with Gasteiger partial charge in [0.2, 0.25) is 10.0 Å². The highest BCUT2D eigenvalue weighted by Gasteiger charge is 2.29. The molecule has 0 spiro atoms. The van der Waals surface area contributed by atoms with Gasteiger partial charge in [-0.25, -0.2) is 8.42 Å². The zero-order valence-electron chi connectivity index (χ0n) is 16.6. The molecule has 1 aliphatic heterocycles. The van der Waals surface area contributed by atoms with Crippen LogP contribution in [-0.4, -0.2) is 61.4 Å². The molecule has 1 aliphatic rings. The number of halogens is 2. The Balaban J connectivity index is 1.61. The predicted molar refractivity (Wildman–Crippen MR) is 118 cm³/mol. The molecule has 0 aromatic heterocycles. The minimum absolute atomic E-state index is 0.156. The van der Waals surface area contributed by atoms with Gasteiger partial charge in [-0.2, -0.15) is 4.31 Å². The fourth-order valence-corrected chi connectivity index (χ4v) is 5.47. The van der Waals surface area contributed by atoms with Crippen LogP contribution in [0.3, 0.4) is 0 Å². The van der Waals surface area contributed by atoms with E-state index in [1.807, 2.05) is 12.1 Å². The number of rotatable bonds is 7. The molecule has 1 heterocycles. The van der Waals surface area contributed by atoms with Crippen LogP contribution in [0.5, 0.6) is 0 Å². The second kappa shape index (κ2) is 9.66. The van der Waals surface area contributed by atoms with Crippen molar-refractivity contribution in [2.45, 2.75) is 24.7 Å². The van der Waals surface area contributed by atoms with E-state index in [1.165, 1.54) is 10.4 Å². The number of piperazine rings is 1. The molecular formula is C21H24Cl2N2O4S. The summed E-state index contributed by atoms with van der Waals surface area (Å²) >= 11 is 12.0. The average Bonchev–Trinajstić information content (AvgIpc) is 2.68. The van der Waals surface area contributed by atoms with E-state index in [2.05, 4.69) is 4.90 Å². The lowest BCUT2D eigenvalue weighted by molar-refractivity contribution is -0.136. The number of hydrogen-bond donors (Lipinski definition) is 1. The number of carboxylic acids is 1. The Morgan fingerprint density at radius 1 is 1.00 bits per heavy atom. The highest BCUT2D eigenvalue weighted by molar-refractivity contribution is 7.89. The van der Waals surface area contributed by atoms with Crippen molar-refractivity contribution in [3.05, 3.63) is 63.1 Å². The maximum Gasteiger partial charge on any atom is 0.307 e. The number of aryl methyl sites for hydroxylation is 1. The molecule has 9 heteroatoms. The Hall–Kier alpha value is -1.64. The van der Waals surface area contributed by atoms with Crippen LogP contribution in [0.4, 0.5) is 0 Å². The molecule has 0 aliphatic carbocycles. The summed E-state index contributed by atoms with van der Waals surface area (Å²) < 4.78 is 27.6. The zero-order valence-corrected chi connectivity index (χ0v) is 19.0. The molecule has 0 atom stereocenters. The van der Waals surface area contributed by atoms with Gasteiger partial charge < -0.3 is 10.0 Å². The number of hydrogen-bond acceptors (Lipinski definition) is 4. The third-order valence-electron chi connectivity index (χ3n) is 5.14. The van der Waals surface area contributed by atoms with Crippen molar-refractivity contribution in [3.8, 4) is 0 Å². The number of benzene rings is 2. The maximum atomic E-state index is 13.1. The normalized spacial score (nSPS) is 16.0. The number of aliphatic carboxylic acids is 1. The topological polar surface area (TPSA) is 77.9 Å². The zero-order chi connectivity index (χ0) is 21.9. The molecule has 1 saturated heterocycles. The third-order valence-corrected chi connectivity index (χ3v) is 7.75. The van der Waals surface area contributed by atoms with Crippen LogP contribution in [0.2, 0.25) is 10.0 Å². The molecule has 0 amide bonds. The van der Waals surface area contributed by atoms with Gasteiger partial charge in [0.25, 0.3) is 0 Å². The molecule has 1 N–H and O–H groups in total. The Labute approximate surface area is 187 Å². The van der Waals surface area contributed by atoms with E-state index >= 15 is 0 Å². The molecule has 162 valence electrons. The van der Waals surface area contributed by atoms with Gasteiger partial charge in [-0.05, 0) is 54.3 Å². The monoisotopic (exact) mass is 470 g/mol. The number of nitrogens with zero attached hydrogens (tertiary/aromatic N) is 2. The van der Waals surface area contributed by atoms with Gasteiger partial charge in [-0.3, -0.25) is 4.79 Å². The van der Waals surface area contributed by atoms with Gasteiger partial charge >= 0.3 is 5.97 Å². The molecular weight excluding hydrogens is 447 g/mol. The van der Waals surface area contributed by atoms with Crippen LogP contribution < -0.4 is 0 Å². The summed E-state index contributed by atoms with van der Waals surface area (Å²) in [6.07, 6.45) is 0.604.